The molecule has 20 heavy (non-hydrogen) atoms. The van der Waals surface area contributed by atoms with Gasteiger partial charge in [-0.1, -0.05) is 28.1 Å². The van der Waals surface area contributed by atoms with E-state index in [1.165, 1.54) is 12.1 Å². The van der Waals surface area contributed by atoms with Crippen molar-refractivity contribution in [1.82, 2.24) is 0 Å². The van der Waals surface area contributed by atoms with Gasteiger partial charge in [-0.25, -0.2) is 4.39 Å². The number of aliphatic hydroxyl groups is 1. The second-order valence-electron chi connectivity index (χ2n) is 4.80. The molecule has 0 spiro atoms. The summed E-state index contributed by atoms with van der Waals surface area (Å²) in [6, 6.07) is 13.1. The van der Waals surface area contributed by atoms with Crippen molar-refractivity contribution in [2.75, 3.05) is 5.33 Å². The van der Waals surface area contributed by atoms with Gasteiger partial charge in [0.15, 0.2) is 0 Å². The van der Waals surface area contributed by atoms with E-state index in [0.29, 0.717) is 23.2 Å². The molecule has 0 bridgehead atoms. The maximum atomic E-state index is 12.8. The molecule has 2 aromatic carbocycles. The third kappa shape index (κ3) is 3.81. The van der Waals surface area contributed by atoms with Gasteiger partial charge in [0.1, 0.15) is 17.3 Å². The monoisotopic (exact) mass is 338 g/mol. The largest absolute Gasteiger partial charge is 0.457 e. The topological polar surface area (TPSA) is 29.5 Å². The predicted octanol–water partition coefficient (Wildman–Crippen LogP) is 4.61. The first kappa shape index (κ1) is 15.0. The molecule has 4 heteroatoms. The van der Waals surface area contributed by atoms with Crippen molar-refractivity contribution in [3.63, 3.8) is 0 Å². The third-order valence-corrected chi connectivity index (χ3v) is 3.48. The molecule has 1 N–H and O–H groups in total. The number of benzene rings is 2. The third-order valence-electron chi connectivity index (χ3n) is 3.09. The molecule has 0 saturated heterocycles. The zero-order valence-corrected chi connectivity index (χ0v) is 12.7. The number of rotatable bonds is 5. The van der Waals surface area contributed by atoms with Crippen molar-refractivity contribution in [3.05, 3.63) is 59.9 Å². The molecule has 2 nitrogen and oxygen atoms in total. The SMILES string of the molecule is CC(O)(CCBr)c1cccc(Oc2ccc(F)cc2)c1. The highest BCUT2D eigenvalue weighted by Crippen LogP contribution is 2.30. The lowest BCUT2D eigenvalue weighted by Gasteiger charge is -2.23. The molecule has 106 valence electrons. The van der Waals surface area contributed by atoms with Gasteiger partial charge in [-0.15, -0.1) is 0 Å². The van der Waals surface area contributed by atoms with E-state index in [1.807, 2.05) is 12.1 Å². The molecular weight excluding hydrogens is 323 g/mol. The van der Waals surface area contributed by atoms with E-state index < -0.39 is 5.60 Å². The molecule has 1 unspecified atom stereocenters. The lowest BCUT2D eigenvalue weighted by molar-refractivity contribution is 0.0545. The maximum absolute atomic E-state index is 12.8. The van der Waals surface area contributed by atoms with E-state index in [0.717, 1.165) is 5.56 Å². The Labute approximate surface area is 126 Å². The summed E-state index contributed by atoms with van der Waals surface area (Å²) < 4.78 is 18.5. The van der Waals surface area contributed by atoms with E-state index in [2.05, 4.69) is 15.9 Å². The summed E-state index contributed by atoms with van der Waals surface area (Å²) in [5.74, 6) is 0.874. The van der Waals surface area contributed by atoms with Crippen molar-refractivity contribution in [1.29, 1.82) is 0 Å². The quantitative estimate of drug-likeness (QED) is 0.806. The lowest BCUT2D eigenvalue weighted by Crippen LogP contribution is -2.21. The standard InChI is InChI=1S/C16H16BrFO2/c1-16(19,9-10-17)12-3-2-4-15(11-12)20-14-7-5-13(18)6-8-14/h2-8,11,19H,9-10H2,1H3. The molecule has 0 aliphatic rings. The summed E-state index contributed by atoms with van der Waals surface area (Å²) in [6.45, 7) is 1.77. The van der Waals surface area contributed by atoms with Crippen LogP contribution < -0.4 is 4.74 Å². The Hall–Kier alpha value is -1.39. The van der Waals surface area contributed by atoms with Gasteiger partial charge in [0.2, 0.25) is 0 Å². The summed E-state index contributed by atoms with van der Waals surface area (Å²) in [6.07, 6.45) is 0.604. The maximum Gasteiger partial charge on any atom is 0.127 e. The van der Waals surface area contributed by atoms with Crippen LogP contribution >= 0.6 is 15.9 Å². The molecule has 0 aliphatic heterocycles. The summed E-state index contributed by atoms with van der Waals surface area (Å²) in [5.41, 5.74) is -0.123. The van der Waals surface area contributed by atoms with Gasteiger partial charge in [0.25, 0.3) is 0 Å². The summed E-state index contributed by atoms with van der Waals surface area (Å²) in [4.78, 5) is 0. The zero-order valence-electron chi connectivity index (χ0n) is 11.1. The highest BCUT2D eigenvalue weighted by molar-refractivity contribution is 9.09. The van der Waals surface area contributed by atoms with Gasteiger partial charge >= 0.3 is 0 Å². The Kier molecular flexibility index (Phi) is 4.78. The van der Waals surface area contributed by atoms with E-state index in [4.69, 9.17) is 4.74 Å². The van der Waals surface area contributed by atoms with Gasteiger partial charge < -0.3 is 9.84 Å². The van der Waals surface area contributed by atoms with Gasteiger partial charge in [-0.3, -0.25) is 0 Å². The van der Waals surface area contributed by atoms with Crippen molar-refractivity contribution in [2.45, 2.75) is 18.9 Å². The fourth-order valence-corrected chi connectivity index (χ4v) is 2.63. The zero-order chi connectivity index (χ0) is 14.6. The van der Waals surface area contributed by atoms with Crippen LogP contribution in [0.15, 0.2) is 48.5 Å². The van der Waals surface area contributed by atoms with Crippen molar-refractivity contribution in [2.24, 2.45) is 0 Å². The van der Waals surface area contributed by atoms with Crippen LogP contribution in [0.25, 0.3) is 0 Å². The predicted molar refractivity (Wildman–Crippen MR) is 80.9 cm³/mol. The highest BCUT2D eigenvalue weighted by atomic mass is 79.9. The van der Waals surface area contributed by atoms with Crippen LogP contribution in [0.5, 0.6) is 11.5 Å². The van der Waals surface area contributed by atoms with Crippen LogP contribution in [0, 0.1) is 5.82 Å². The second-order valence-corrected chi connectivity index (χ2v) is 5.59. The molecule has 0 aromatic heterocycles. The Morgan fingerprint density at radius 3 is 2.50 bits per heavy atom. The summed E-state index contributed by atoms with van der Waals surface area (Å²) in [7, 11) is 0. The normalized spacial score (nSPS) is 13.8. The molecule has 0 amide bonds. The number of alkyl halides is 1. The van der Waals surface area contributed by atoms with Crippen LogP contribution in [0.4, 0.5) is 4.39 Å². The van der Waals surface area contributed by atoms with Gasteiger partial charge in [-0.05, 0) is 55.3 Å². The Balaban J connectivity index is 2.19. The van der Waals surface area contributed by atoms with Crippen LogP contribution in [0.1, 0.15) is 18.9 Å². The second kappa shape index (κ2) is 6.37. The fraction of sp³-hybridized carbons (Fsp3) is 0.250. The van der Waals surface area contributed by atoms with Crippen LogP contribution in [-0.4, -0.2) is 10.4 Å². The number of halogens is 2. The van der Waals surface area contributed by atoms with Crippen molar-refractivity contribution < 1.29 is 14.2 Å². The van der Waals surface area contributed by atoms with E-state index in [1.54, 1.807) is 31.2 Å². The van der Waals surface area contributed by atoms with Gasteiger partial charge in [0, 0.05) is 5.33 Å². The van der Waals surface area contributed by atoms with Crippen molar-refractivity contribution >= 4 is 15.9 Å². The number of hydrogen-bond acceptors (Lipinski definition) is 2. The van der Waals surface area contributed by atoms with Crippen LogP contribution in [0.3, 0.4) is 0 Å². The van der Waals surface area contributed by atoms with Crippen LogP contribution in [0.2, 0.25) is 0 Å². The van der Waals surface area contributed by atoms with E-state index in [9.17, 15) is 9.50 Å². The first-order chi connectivity index (χ1) is 9.51. The van der Waals surface area contributed by atoms with Crippen LogP contribution in [-0.2, 0) is 5.60 Å². The Morgan fingerprint density at radius 2 is 1.85 bits per heavy atom. The minimum atomic E-state index is -0.911. The Morgan fingerprint density at radius 1 is 1.15 bits per heavy atom. The minimum Gasteiger partial charge on any atom is -0.457 e. The fourth-order valence-electron chi connectivity index (χ4n) is 1.86. The summed E-state index contributed by atoms with van der Waals surface area (Å²) >= 11 is 3.33. The van der Waals surface area contributed by atoms with E-state index in [-0.39, 0.29) is 5.82 Å². The minimum absolute atomic E-state index is 0.300. The molecule has 2 aromatic rings. The number of hydrogen-bond donors (Lipinski definition) is 1. The van der Waals surface area contributed by atoms with Gasteiger partial charge in [0.05, 0.1) is 5.60 Å². The highest BCUT2D eigenvalue weighted by Gasteiger charge is 2.22. The molecule has 2 rings (SSSR count). The van der Waals surface area contributed by atoms with Gasteiger partial charge in [-0.2, -0.15) is 0 Å². The summed E-state index contributed by atoms with van der Waals surface area (Å²) in [5, 5.41) is 11.1. The molecule has 0 saturated carbocycles. The van der Waals surface area contributed by atoms with E-state index >= 15 is 0 Å². The average molecular weight is 339 g/mol. The smallest absolute Gasteiger partial charge is 0.127 e. The molecule has 0 fully saturated rings. The molecule has 0 heterocycles. The number of ether oxygens (including phenoxy) is 1. The first-order valence-corrected chi connectivity index (χ1v) is 7.46. The Bertz CT molecular complexity index is 567. The first-order valence-electron chi connectivity index (χ1n) is 6.33. The molecule has 1 atom stereocenters. The molecule has 0 aliphatic carbocycles. The molecular formula is C16H16BrFO2. The lowest BCUT2D eigenvalue weighted by atomic mass is 9.93. The molecule has 0 radical (unpaired) electrons. The average Bonchev–Trinajstić information content (AvgIpc) is 2.42. The van der Waals surface area contributed by atoms with Crippen molar-refractivity contribution in [3.8, 4) is 11.5 Å².